The first-order chi connectivity index (χ1) is 20.8. The molecule has 0 aliphatic carbocycles. The van der Waals surface area contributed by atoms with Crippen molar-refractivity contribution < 1.29 is 23.7 Å². The van der Waals surface area contributed by atoms with Crippen molar-refractivity contribution in [2.45, 2.75) is 50.8 Å². The van der Waals surface area contributed by atoms with E-state index in [2.05, 4.69) is 5.92 Å². The molecule has 0 spiro atoms. The van der Waals surface area contributed by atoms with Crippen LogP contribution in [0.15, 0.2) is 133 Å². The molecule has 5 rings (SSSR count). The molecule has 1 aliphatic rings. The van der Waals surface area contributed by atoms with Crippen LogP contribution >= 0.6 is 0 Å². The van der Waals surface area contributed by atoms with Crippen LogP contribution in [0.3, 0.4) is 0 Å². The van der Waals surface area contributed by atoms with Crippen molar-refractivity contribution in [1.29, 1.82) is 0 Å². The van der Waals surface area contributed by atoms with E-state index >= 15 is 0 Å². The topological polar surface area (TPSA) is 46.2 Å². The third kappa shape index (κ3) is 8.42. The third-order valence-corrected chi connectivity index (χ3v) is 7.02. The maximum absolute atomic E-state index is 6.65. The molecule has 5 heteroatoms. The first-order valence-electron chi connectivity index (χ1n) is 14.2. The smallest absolute Gasteiger partial charge is 0.150 e. The number of benzene rings is 4. The molecule has 0 unspecified atom stereocenters. The molecule has 4 aromatic rings. The fourth-order valence-electron chi connectivity index (χ4n) is 4.90. The fraction of sp³-hybridized carbons (Fsp3) is 0.243. The van der Waals surface area contributed by atoms with Crippen molar-refractivity contribution in [2.24, 2.45) is 0 Å². The second-order valence-corrected chi connectivity index (χ2v) is 10.1. The van der Waals surface area contributed by atoms with Gasteiger partial charge in [0.25, 0.3) is 0 Å². The van der Waals surface area contributed by atoms with Crippen LogP contribution in [0.2, 0.25) is 0 Å². The van der Waals surface area contributed by atoms with Gasteiger partial charge in [0.15, 0.2) is 6.10 Å². The highest BCUT2D eigenvalue weighted by molar-refractivity contribution is 5.22. The summed E-state index contributed by atoms with van der Waals surface area (Å²) in [6.07, 6.45) is 5.30. The highest BCUT2D eigenvalue weighted by Gasteiger charge is 2.46. The van der Waals surface area contributed by atoms with Gasteiger partial charge in [-0.3, -0.25) is 0 Å². The summed E-state index contributed by atoms with van der Waals surface area (Å²) in [5.74, 6) is 3.16. The lowest BCUT2D eigenvalue weighted by Crippen LogP contribution is -2.56. The van der Waals surface area contributed by atoms with E-state index in [-0.39, 0.29) is 6.61 Å². The predicted octanol–water partition coefficient (Wildman–Crippen LogP) is 6.88. The van der Waals surface area contributed by atoms with Crippen LogP contribution in [0.1, 0.15) is 22.3 Å². The number of allylic oxidation sites excluding steroid dienone is 1. The Hall–Kier alpha value is -4.18. The molecule has 42 heavy (non-hydrogen) atoms. The maximum atomic E-state index is 6.65. The minimum Gasteiger partial charge on any atom is -0.486 e. The molecule has 0 saturated carbocycles. The van der Waals surface area contributed by atoms with E-state index in [0.717, 1.165) is 22.3 Å². The number of ether oxygens (including phenoxy) is 5. The molecule has 4 atom stereocenters. The van der Waals surface area contributed by atoms with Crippen LogP contribution in [0.25, 0.3) is 0 Å². The van der Waals surface area contributed by atoms with Crippen LogP contribution in [-0.2, 0) is 50.1 Å². The molecule has 1 heterocycles. The second-order valence-electron chi connectivity index (χ2n) is 10.1. The van der Waals surface area contributed by atoms with Crippen molar-refractivity contribution in [3.63, 3.8) is 0 Å². The SMILES string of the molecule is C#C/C=C1\O[C@H](COCc2ccccc2)[C@@H](OCc2ccccc2)[C@H](OCc2ccccc2)[C@H]1OCc1ccccc1. The van der Waals surface area contributed by atoms with Gasteiger partial charge in [0, 0.05) is 6.08 Å². The predicted molar refractivity (Wildman–Crippen MR) is 163 cm³/mol. The van der Waals surface area contributed by atoms with Gasteiger partial charge >= 0.3 is 0 Å². The molecule has 1 aliphatic heterocycles. The minimum absolute atomic E-state index is 0.285. The van der Waals surface area contributed by atoms with Crippen LogP contribution in [0.4, 0.5) is 0 Å². The summed E-state index contributed by atoms with van der Waals surface area (Å²) >= 11 is 0. The molecule has 4 aromatic carbocycles. The van der Waals surface area contributed by atoms with Crippen LogP contribution in [-0.4, -0.2) is 31.0 Å². The summed E-state index contributed by atoms with van der Waals surface area (Å²) in [5.41, 5.74) is 4.21. The summed E-state index contributed by atoms with van der Waals surface area (Å²) in [5, 5.41) is 0. The lowest BCUT2D eigenvalue weighted by Gasteiger charge is -2.43. The Kier molecular flexibility index (Phi) is 11.0. The summed E-state index contributed by atoms with van der Waals surface area (Å²) in [6, 6.07) is 40.2. The van der Waals surface area contributed by atoms with E-state index in [1.54, 1.807) is 6.08 Å². The molecule has 0 N–H and O–H groups in total. The summed E-state index contributed by atoms with van der Waals surface area (Å²) in [7, 11) is 0. The van der Waals surface area contributed by atoms with Gasteiger partial charge in [-0.15, -0.1) is 6.42 Å². The average Bonchev–Trinajstić information content (AvgIpc) is 3.05. The second kappa shape index (κ2) is 15.7. The first-order valence-corrected chi connectivity index (χ1v) is 14.2. The number of terminal acetylenes is 1. The summed E-state index contributed by atoms with van der Waals surface area (Å²) in [4.78, 5) is 0. The third-order valence-electron chi connectivity index (χ3n) is 7.02. The van der Waals surface area contributed by atoms with Crippen molar-refractivity contribution in [1.82, 2.24) is 0 Å². The Labute approximate surface area is 248 Å². The van der Waals surface area contributed by atoms with Crippen molar-refractivity contribution in [2.75, 3.05) is 6.61 Å². The lowest BCUT2D eigenvalue weighted by molar-refractivity contribution is -0.223. The largest absolute Gasteiger partial charge is 0.486 e. The molecular weight excluding hydrogens is 524 g/mol. The Bertz CT molecular complexity index is 1400. The zero-order valence-corrected chi connectivity index (χ0v) is 23.6. The fourth-order valence-corrected chi connectivity index (χ4v) is 4.90. The molecular formula is C37H36O5. The van der Waals surface area contributed by atoms with Crippen molar-refractivity contribution in [3.8, 4) is 12.3 Å². The Morgan fingerprint density at radius 3 is 1.48 bits per heavy atom. The van der Waals surface area contributed by atoms with Gasteiger partial charge in [-0.05, 0) is 22.3 Å². The van der Waals surface area contributed by atoms with Gasteiger partial charge in [0.2, 0.25) is 0 Å². The van der Waals surface area contributed by atoms with Crippen molar-refractivity contribution >= 4 is 0 Å². The molecule has 0 aromatic heterocycles. The van der Waals surface area contributed by atoms with E-state index in [9.17, 15) is 0 Å². The number of hydrogen-bond acceptors (Lipinski definition) is 5. The first kappa shape index (κ1) is 29.3. The van der Waals surface area contributed by atoms with Crippen molar-refractivity contribution in [3.05, 3.63) is 155 Å². The van der Waals surface area contributed by atoms with Gasteiger partial charge < -0.3 is 23.7 Å². The van der Waals surface area contributed by atoms with Crippen LogP contribution < -0.4 is 0 Å². The van der Waals surface area contributed by atoms with E-state index in [1.165, 1.54) is 0 Å². The lowest BCUT2D eigenvalue weighted by atomic mass is 9.96. The molecule has 0 radical (unpaired) electrons. The molecule has 0 amide bonds. The quantitative estimate of drug-likeness (QED) is 0.167. The Morgan fingerprint density at radius 2 is 1.00 bits per heavy atom. The minimum atomic E-state index is -0.587. The van der Waals surface area contributed by atoms with E-state index in [0.29, 0.717) is 32.2 Å². The summed E-state index contributed by atoms with van der Waals surface area (Å²) < 4.78 is 32.4. The van der Waals surface area contributed by atoms with Gasteiger partial charge in [0.05, 0.1) is 33.0 Å². The van der Waals surface area contributed by atoms with Gasteiger partial charge in [-0.1, -0.05) is 127 Å². The average molecular weight is 561 g/mol. The maximum Gasteiger partial charge on any atom is 0.150 e. The molecule has 1 fully saturated rings. The number of hydrogen-bond donors (Lipinski definition) is 0. The van der Waals surface area contributed by atoms with Gasteiger partial charge in [0.1, 0.15) is 24.1 Å². The Balaban J connectivity index is 1.42. The highest BCUT2D eigenvalue weighted by Crippen LogP contribution is 2.33. The molecule has 214 valence electrons. The van der Waals surface area contributed by atoms with Crippen LogP contribution in [0.5, 0.6) is 0 Å². The zero-order chi connectivity index (χ0) is 28.8. The normalized spacial score (nSPS) is 21.0. The standard InChI is InChI=1S/C37H36O5/c1-2-15-33-35(39-25-30-18-9-4-10-19-30)37(41-27-32-22-13-6-14-23-32)36(40-26-31-20-11-5-12-21-31)34(42-33)28-38-24-29-16-7-3-8-17-29/h1,3-23,34-37H,24-28H2/b33-15-/t34-,35+,36-,37-/m1/s1. The number of rotatable bonds is 13. The molecule has 5 nitrogen and oxygen atoms in total. The highest BCUT2D eigenvalue weighted by atomic mass is 16.6. The van der Waals surface area contributed by atoms with E-state index in [4.69, 9.17) is 30.1 Å². The zero-order valence-electron chi connectivity index (χ0n) is 23.6. The van der Waals surface area contributed by atoms with Gasteiger partial charge in [-0.25, -0.2) is 0 Å². The van der Waals surface area contributed by atoms with E-state index in [1.807, 2.05) is 121 Å². The Morgan fingerprint density at radius 1 is 0.571 bits per heavy atom. The van der Waals surface area contributed by atoms with Gasteiger partial charge in [-0.2, -0.15) is 0 Å². The molecule has 0 bridgehead atoms. The summed E-state index contributed by atoms with van der Waals surface area (Å²) in [6.45, 7) is 1.86. The van der Waals surface area contributed by atoms with Crippen LogP contribution in [0, 0.1) is 12.3 Å². The van der Waals surface area contributed by atoms with E-state index < -0.39 is 24.4 Å². The molecule has 1 saturated heterocycles. The monoisotopic (exact) mass is 560 g/mol.